The molecule has 1 amide bonds. The summed E-state index contributed by atoms with van der Waals surface area (Å²) in [5, 5.41) is 7.37. The van der Waals surface area contributed by atoms with Gasteiger partial charge in [0.2, 0.25) is 0 Å². The van der Waals surface area contributed by atoms with Gasteiger partial charge in [-0.05, 0) is 43.1 Å². The van der Waals surface area contributed by atoms with Crippen LogP contribution in [0.5, 0.6) is 0 Å². The van der Waals surface area contributed by atoms with Gasteiger partial charge in [-0.2, -0.15) is 5.10 Å². The Morgan fingerprint density at radius 1 is 1.26 bits per heavy atom. The molecule has 2 heterocycles. The summed E-state index contributed by atoms with van der Waals surface area (Å²) < 4.78 is 20.3. The Morgan fingerprint density at radius 3 is 2.63 bits per heavy atom. The van der Waals surface area contributed by atoms with Crippen molar-refractivity contribution in [2.24, 2.45) is 0 Å². The summed E-state index contributed by atoms with van der Waals surface area (Å²) in [6.07, 6.45) is 2.49. The Hall–Kier alpha value is -2.25. The molecule has 1 N–H and O–H groups in total. The van der Waals surface area contributed by atoms with E-state index < -0.39 is 0 Å². The molecule has 0 spiro atoms. The van der Waals surface area contributed by atoms with Crippen molar-refractivity contribution in [2.45, 2.75) is 26.2 Å². The molecule has 146 valence electrons. The van der Waals surface area contributed by atoms with Crippen molar-refractivity contribution in [3.05, 3.63) is 47.5 Å². The lowest BCUT2D eigenvalue weighted by atomic mass is 10.0. The highest BCUT2D eigenvalue weighted by Gasteiger charge is 2.20. The third-order valence-electron chi connectivity index (χ3n) is 4.71. The molecule has 0 saturated carbocycles. The number of hydrogen-bond donors (Lipinski definition) is 1. The predicted octanol–water partition coefficient (Wildman–Crippen LogP) is 2.59. The van der Waals surface area contributed by atoms with Crippen LogP contribution < -0.4 is 5.32 Å². The number of nitrogens with zero attached hydrogens (tertiary/aromatic N) is 3. The number of benzene rings is 1. The molecule has 1 aromatic carbocycles. The van der Waals surface area contributed by atoms with Gasteiger partial charge in [0.1, 0.15) is 5.82 Å². The molecule has 0 radical (unpaired) electrons. The van der Waals surface area contributed by atoms with Crippen LogP contribution >= 0.6 is 0 Å². The Labute approximate surface area is 159 Å². The van der Waals surface area contributed by atoms with E-state index in [0.717, 1.165) is 50.7 Å². The second-order valence-corrected chi connectivity index (χ2v) is 7.05. The number of amides is 1. The molecule has 1 aliphatic rings. The van der Waals surface area contributed by atoms with Crippen LogP contribution in [0.4, 0.5) is 4.39 Å². The van der Waals surface area contributed by atoms with Crippen LogP contribution in [0.25, 0.3) is 5.69 Å². The molecule has 1 aromatic heterocycles. The van der Waals surface area contributed by atoms with Crippen LogP contribution in [0.1, 0.15) is 42.2 Å². The minimum Gasteiger partial charge on any atom is -0.379 e. The number of carbonyl (C=O) groups excluding carboxylic acids is 1. The number of rotatable bonds is 7. The van der Waals surface area contributed by atoms with Crippen LogP contribution in [0, 0.1) is 5.82 Å². The van der Waals surface area contributed by atoms with Gasteiger partial charge in [-0.25, -0.2) is 9.07 Å². The van der Waals surface area contributed by atoms with Gasteiger partial charge in [-0.1, -0.05) is 13.8 Å². The van der Waals surface area contributed by atoms with Gasteiger partial charge in [0.05, 0.1) is 36.4 Å². The molecule has 0 aliphatic carbocycles. The first-order valence-electron chi connectivity index (χ1n) is 9.48. The molecule has 1 aliphatic heterocycles. The Balaban J connectivity index is 1.63. The first kappa shape index (κ1) is 19.5. The number of halogens is 1. The van der Waals surface area contributed by atoms with E-state index in [1.54, 1.807) is 23.0 Å². The molecular weight excluding hydrogens is 347 g/mol. The standard InChI is InChI=1S/C20H27FN4O2/c1-15(2)19-18(14-23-25(19)17-6-4-16(21)5-7-17)20(26)22-8-3-9-24-10-12-27-13-11-24/h4-7,14-15H,3,8-13H2,1-2H3,(H,22,26). The summed E-state index contributed by atoms with van der Waals surface area (Å²) in [5.41, 5.74) is 2.14. The zero-order valence-electron chi connectivity index (χ0n) is 15.9. The van der Waals surface area contributed by atoms with Crippen LogP contribution in [-0.2, 0) is 4.74 Å². The zero-order valence-corrected chi connectivity index (χ0v) is 15.9. The summed E-state index contributed by atoms with van der Waals surface area (Å²) in [6.45, 7) is 9.09. The van der Waals surface area contributed by atoms with Gasteiger partial charge in [0.25, 0.3) is 5.91 Å². The van der Waals surface area contributed by atoms with Crippen LogP contribution in [0.3, 0.4) is 0 Å². The molecule has 0 unspecified atom stereocenters. The first-order chi connectivity index (χ1) is 13.1. The molecule has 0 bridgehead atoms. The average Bonchev–Trinajstić information content (AvgIpc) is 3.12. The van der Waals surface area contributed by atoms with Crippen molar-refractivity contribution in [1.82, 2.24) is 20.0 Å². The minimum atomic E-state index is -0.296. The topological polar surface area (TPSA) is 59.4 Å². The van der Waals surface area contributed by atoms with Crippen molar-refractivity contribution < 1.29 is 13.9 Å². The van der Waals surface area contributed by atoms with Crippen molar-refractivity contribution >= 4 is 5.91 Å². The third-order valence-corrected chi connectivity index (χ3v) is 4.71. The largest absolute Gasteiger partial charge is 0.379 e. The number of carbonyl (C=O) groups is 1. The van der Waals surface area contributed by atoms with E-state index in [1.807, 2.05) is 13.8 Å². The fourth-order valence-corrected chi connectivity index (χ4v) is 3.30. The smallest absolute Gasteiger partial charge is 0.254 e. The maximum atomic E-state index is 13.2. The summed E-state index contributed by atoms with van der Waals surface area (Å²) >= 11 is 0. The molecule has 1 fully saturated rings. The van der Waals surface area contributed by atoms with E-state index >= 15 is 0 Å². The second-order valence-electron chi connectivity index (χ2n) is 7.05. The highest BCUT2D eigenvalue weighted by atomic mass is 19.1. The number of hydrogen-bond acceptors (Lipinski definition) is 4. The summed E-state index contributed by atoms with van der Waals surface area (Å²) in [4.78, 5) is 15.0. The maximum absolute atomic E-state index is 13.2. The van der Waals surface area contributed by atoms with Gasteiger partial charge >= 0.3 is 0 Å². The van der Waals surface area contributed by atoms with Gasteiger partial charge in [-0.15, -0.1) is 0 Å². The van der Waals surface area contributed by atoms with Gasteiger partial charge in [0.15, 0.2) is 0 Å². The van der Waals surface area contributed by atoms with E-state index in [4.69, 9.17) is 4.74 Å². The van der Waals surface area contributed by atoms with Crippen molar-refractivity contribution in [3.63, 3.8) is 0 Å². The predicted molar refractivity (Wildman–Crippen MR) is 102 cm³/mol. The molecule has 0 atom stereocenters. The SMILES string of the molecule is CC(C)c1c(C(=O)NCCCN2CCOCC2)cnn1-c1ccc(F)cc1. The zero-order chi connectivity index (χ0) is 19.2. The average molecular weight is 374 g/mol. The van der Waals surface area contributed by atoms with Crippen LogP contribution in [0.2, 0.25) is 0 Å². The summed E-state index contributed by atoms with van der Waals surface area (Å²) in [6, 6.07) is 6.12. The molecule has 27 heavy (non-hydrogen) atoms. The Bertz CT molecular complexity index is 752. The van der Waals surface area contributed by atoms with E-state index in [9.17, 15) is 9.18 Å². The molecule has 1 saturated heterocycles. The molecule has 2 aromatic rings. The minimum absolute atomic E-state index is 0.103. The van der Waals surface area contributed by atoms with Crippen LogP contribution in [0.15, 0.2) is 30.5 Å². The molecule has 3 rings (SSSR count). The lowest BCUT2D eigenvalue weighted by molar-refractivity contribution is 0.0374. The van der Waals surface area contributed by atoms with E-state index in [-0.39, 0.29) is 17.6 Å². The fourth-order valence-electron chi connectivity index (χ4n) is 3.30. The quantitative estimate of drug-likeness (QED) is 0.757. The summed E-state index contributed by atoms with van der Waals surface area (Å²) in [5.74, 6) is -0.309. The fraction of sp³-hybridized carbons (Fsp3) is 0.500. The summed E-state index contributed by atoms with van der Waals surface area (Å²) in [7, 11) is 0. The van der Waals surface area contributed by atoms with Crippen molar-refractivity contribution in [2.75, 3.05) is 39.4 Å². The van der Waals surface area contributed by atoms with Gasteiger partial charge < -0.3 is 10.1 Å². The first-order valence-corrected chi connectivity index (χ1v) is 9.48. The maximum Gasteiger partial charge on any atom is 0.254 e. The van der Waals surface area contributed by atoms with E-state index in [0.29, 0.717) is 12.1 Å². The normalized spacial score (nSPS) is 15.3. The number of morpholine rings is 1. The number of nitrogens with one attached hydrogen (secondary N) is 1. The van der Waals surface area contributed by atoms with Gasteiger partial charge in [-0.3, -0.25) is 9.69 Å². The van der Waals surface area contributed by atoms with Crippen LogP contribution in [-0.4, -0.2) is 60.0 Å². The number of ether oxygens (including phenoxy) is 1. The molecule has 6 nitrogen and oxygen atoms in total. The third kappa shape index (κ3) is 4.93. The second kappa shape index (κ2) is 9.10. The highest BCUT2D eigenvalue weighted by Crippen LogP contribution is 2.23. The van der Waals surface area contributed by atoms with E-state index in [1.165, 1.54) is 12.1 Å². The molecule has 7 heteroatoms. The molecular formula is C20H27FN4O2. The van der Waals surface area contributed by atoms with E-state index in [2.05, 4.69) is 15.3 Å². The monoisotopic (exact) mass is 374 g/mol. The Morgan fingerprint density at radius 2 is 1.96 bits per heavy atom. The van der Waals surface area contributed by atoms with Gasteiger partial charge in [0, 0.05) is 19.6 Å². The Kier molecular flexibility index (Phi) is 6.58. The highest BCUT2D eigenvalue weighted by molar-refractivity contribution is 5.95. The van der Waals surface area contributed by atoms with Crippen molar-refractivity contribution in [3.8, 4) is 5.69 Å². The van der Waals surface area contributed by atoms with Crippen molar-refractivity contribution in [1.29, 1.82) is 0 Å². The number of aromatic nitrogens is 2. The lowest BCUT2D eigenvalue weighted by Crippen LogP contribution is -2.38. The lowest BCUT2D eigenvalue weighted by Gasteiger charge is -2.26.